The third-order valence-corrected chi connectivity index (χ3v) is 5.49. The minimum absolute atomic E-state index is 0.102. The molecular formula is C16H15N3O4S. The van der Waals surface area contributed by atoms with Crippen LogP contribution in [0.2, 0.25) is 0 Å². The van der Waals surface area contributed by atoms with Crippen LogP contribution in [-0.2, 0) is 10.0 Å². The molecular weight excluding hydrogens is 330 g/mol. The number of anilines is 1. The summed E-state index contributed by atoms with van der Waals surface area (Å²) in [5.41, 5.74) is 0.837. The monoisotopic (exact) mass is 345 g/mol. The predicted octanol–water partition coefficient (Wildman–Crippen LogP) is 2.19. The van der Waals surface area contributed by atoms with Crippen LogP contribution in [0.3, 0.4) is 0 Å². The molecule has 2 aromatic rings. The number of hydrogen-bond donors (Lipinski definition) is 1. The van der Waals surface area contributed by atoms with E-state index in [1.807, 2.05) is 6.07 Å². The molecule has 0 aliphatic carbocycles. The van der Waals surface area contributed by atoms with Gasteiger partial charge in [0.25, 0.3) is 15.9 Å². The Labute approximate surface area is 139 Å². The summed E-state index contributed by atoms with van der Waals surface area (Å²) in [5.74, 6) is -0.678. The van der Waals surface area contributed by atoms with E-state index in [0.29, 0.717) is 24.3 Å². The third-order valence-electron chi connectivity index (χ3n) is 3.71. The molecule has 8 heteroatoms. The molecule has 124 valence electrons. The number of carbonyl (C=O) groups is 1. The van der Waals surface area contributed by atoms with Crippen molar-refractivity contribution >= 4 is 21.6 Å². The van der Waals surface area contributed by atoms with Crippen LogP contribution >= 0.6 is 0 Å². The van der Waals surface area contributed by atoms with Crippen molar-refractivity contribution in [2.45, 2.75) is 17.9 Å². The van der Waals surface area contributed by atoms with Crippen LogP contribution in [0.15, 0.2) is 45.9 Å². The molecule has 3 rings (SSSR count). The Hall–Kier alpha value is -2.63. The van der Waals surface area contributed by atoms with E-state index < -0.39 is 15.9 Å². The molecule has 1 aromatic carbocycles. The highest BCUT2D eigenvalue weighted by molar-refractivity contribution is 7.89. The largest absolute Gasteiger partial charge is 0.438 e. The number of amides is 1. The van der Waals surface area contributed by atoms with Gasteiger partial charge >= 0.3 is 0 Å². The summed E-state index contributed by atoms with van der Waals surface area (Å²) in [5, 5.41) is 11.2. The lowest BCUT2D eigenvalue weighted by atomic mass is 10.2. The van der Waals surface area contributed by atoms with E-state index in [1.165, 1.54) is 22.5 Å². The van der Waals surface area contributed by atoms with E-state index in [4.69, 9.17) is 9.68 Å². The Bertz CT molecular complexity index is 905. The number of benzene rings is 1. The zero-order chi connectivity index (χ0) is 17.2. The fraction of sp³-hybridized carbons (Fsp3) is 0.250. The number of nitrogens with one attached hydrogen (secondary N) is 1. The number of furan rings is 1. The van der Waals surface area contributed by atoms with Gasteiger partial charge in [0.05, 0.1) is 11.6 Å². The Kier molecular flexibility index (Phi) is 4.38. The molecule has 1 fully saturated rings. The first-order valence-corrected chi connectivity index (χ1v) is 8.86. The van der Waals surface area contributed by atoms with Crippen molar-refractivity contribution in [1.82, 2.24) is 4.31 Å². The average Bonchev–Trinajstić information content (AvgIpc) is 3.27. The molecule has 24 heavy (non-hydrogen) atoms. The maximum atomic E-state index is 12.4. The molecule has 0 bridgehead atoms. The highest BCUT2D eigenvalue weighted by atomic mass is 32.2. The van der Waals surface area contributed by atoms with Gasteiger partial charge in [-0.05, 0) is 43.2 Å². The quantitative estimate of drug-likeness (QED) is 0.915. The first kappa shape index (κ1) is 16.2. The van der Waals surface area contributed by atoms with Crippen molar-refractivity contribution in [3.8, 4) is 6.07 Å². The van der Waals surface area contributed by atoms with Crippen LogP contribution in [-0.4, -0.2) is 31.7 Å². The van der Waals surface area contributed by atoms with Crippen LogP contribution in [0.25, 0.3) is 0 Å². The highest BCUT2D eigenvalue weighted by Crippen LogP contribution is 2.23. The Morgan fingerprint density at radius 3 is 2.67 bits per heavy atom. The van der Waals surface area contributed by atoms with Gasteiger partial charge in [-0.25, -0.2) is 8.42 Å². The number of rotatable bonds is 4. The summed E-state index contributed by atoms with van der Waals surface area (Å²) in [6.45, 7) is 0.928. The fourth-order valence-electron chi connectivity index (χ4n) is 2.50. The lowest BCUT2D eigenvalue weighted by molar-refractivity contribution is 0.0991. The molecule has 0 atom stereocenters. The summed E-state index contributed by atoms with van der Waals surface area (Å²) < 4.78 is 31.3. The molecule has 0 radical (unpaired) electrons. The Balaban J connectivity index is 1.77. The van der Waals surface area contributed by atoms with Crippen molar-refractivity contribution in [3.63, 3.8) is 0 Å². The Morgan fingerprint density at radius 2 is 1.96 bits per heavy atom. The van der Waals surface area contributed by atoms with Gasteiger partial charge in [-0.2, -0.15) is 9.57 Å². The molecule has 1 aromatic heterocycles. The average molecular weight is 345 g/mol. The lowest BCUT2D eigenvalue weighted by Crippen LogP contribution is -2.27. The number of nitriles is 1. The standard InChI is InChI=1S/C16H15N3O4S/c17-11-12-4-3-5-13(10-12)18-16(20)14-6-7-15(23-14)24(21,22)19-8-1-2-9-19/h3-7,10H,1-2,8-9H2,(H,18,20). The van der Waals surface area contributed by atoms with Crippen molar-refractivity contribution < 1.29 is 17.6 Å². The van der Waals surface area contributed by atoms with E-state index in [2.05, 4.69) is 5.32 Å². The molecule has 1 saturated heterocycles. The second-order valence-electron chi connectivity index (χ2n) is 5.38. The molecule has 1 amide bonds. The summed E-state index contributed by atoms with van der Waals surface area (Å²) >= 11 is 0. The van der Waals surface area contributed by atoms with Gasteiger partial charge in [0.1, 0.15) is 0 Å². The molecule has 1 aliphatic rings. The van der Waals surface area contributed by atoms with Gasteiger partial charge in [0, 0.05) is 18.8 Å². The third kappa shape index (κ3) is 3.18. The van der Waals surface area contributed by atoms with Crippen LogP contribution < -0.4 is 5.32 Å². The maximum absolute atomic E-state index is 12.4. The van der Waals surface area contributed by atoms with Crippen LogP contribution in [0, 0.1) is 11.3 Å². The minimum Gasteiger partial charge on any atom is -0.438 e. The van der Waals surface area contributed by atoms with Crippen molar-refractivity contribution in [1.29, 1.82) is 5.26 Å². The minimum atomic E-state index is -3.69. The Morgan fingerprint density at radius 1 is 1.21 bits per heavy atom. The predicted molar refractivity (Wildman–Crippen MR) is 85.8 cm³/mol. The van der Waals surface area contributed by atoms with Gasteiger partial charge in [-0.1, -0.05) is 6.07 Å². The van der Waals surface area contributed by atoms with Crippen LogP contribution in [0.1, 0.15) is 29.0 Å². The molecule has 7 nitrogen and oxygen atoms in total. The van der Waals surface area contributed by atoms with Gasteiger partial charge in [-0.3, -0.25) is 4.79 Å². The van der Waals surface area contributed by atoms with Crippen LogP contribution in [0.5, 0.6) is 0 Å². The topological polar surface area (TPSA) is 103 Å². The summed E-state index contributed by atoms with van der Waals surface area (Å²) in [6.07, 6.45) is 1.64. The normalized spacial score (nSPS) is 15.1. The molecule has 0 saturated carbocycles. The maximum Gasteiger partial charge on any atom is 0.291 e. The van der Waals surface area contributed by atoms with Crippen molar-refractivity contribution in [3.05, 3.63) is 47.7 Å². The molecule has 2 heterocycles. The first-order valence-electron chi connectivity index (χ1n) is 7.42. The summed E-state index contributed by atoms with van der Waals surface area (Å²) in [7, 11) is -3.69. The van der Waals surface area contributed by atoms with Gasteiger partial charge in [-0.15, -0.1) is 0 Å². The molecule has 1 N–H and O–H groups in total. The highest BCUT2D eigenvalue weighted by Gasteiger charge is 2.30. The number of sulfonamides is 1. The SMILES string of the molecule is N#Cc1cccc(NC(=O)c2ccc(S(=O)(=O)N3CCCC3)o2)c1. The van der Waals surface area contributed by atoms with Crippen molar-refractivity contribution in [2.24, 2.45) is 0 Å². The zero-order valence-corrected chi connectivity index (χ0v) is 13.5. The molecule has 1 aliphatic heterocycles. The first-order chi connectivity index (χ1) is 11.5. The second-order valence-corrected chi connectivity index (χ2v) is 7.25. The number of nitrogens with zero attached hydrogens (tertiary/aromatic N) is 2. The summed E-state index contributed by atoms with van der Waals surface area (Å²) in [6, 6.07) is 11.0. The summed E-state index contributed by atoms with van der Waals surface area (Å²) in [4.78, 5) is 12.2. The van der Waals surface area contributed by atoms with E-state index in [9.17, 15) is 13.2 Å². The van der Waals surface area contributed by atoms with Gasteiger partial charge in [0.15, 0.2) is 5.76 Å². The van der Waals surface area contributed by atoms with Gasteiger partial charge in [0.2, 0.25) is 5.09 Å². The lowest BCUT2D eigenvalue weighted by Gasteiger charge is -2.12. The number of hydrogen-bond acceptors (Lipinski definition) is 5. The second kappa shape index (κ2) is 6.47. The van der Waals surface area contributed by atoms with E-state index >= 15 is 0 Å². The van der Waals surface area contributed by atoms with E-state index in [-0.39, 0.29) is 10.9 Å². The van der Waals surface area contributed by atoms with E-state index in [1.54, 1.807) is 18.2 Å². The smallest absolute Gasteiger partial charge is 0.291 e. The zero-order valence-electron chi connectivity index (χ0n) is 12.7. The molecule has 0 spiro atoms. The molecule has 0 unspecified atom stereocenters. The van der Waals surface area contributed by atoms with Crippen molar-refractivity contribution in [2.75, 3.05) is 18.4 Å². The van der Waals surface area contributed by atoms with Crippen LogP contribution in [0.4, 0.5) is 5.69 Å². The number of carbonyl (C=O) groups excluding carboxylic acids is 1. The fourth-order valence-corrected chi connectivity index (χ4v) is 3.92. The van der Waals surface area contributed by atoms with Gasteiger partial charge < -0.3 is 9.73 Å². The van der Waals surface area contributed by atoms with E-state index in [0.717, 1.165) is 12.8 Å².